The minimum absolute atomic E-state index is 0.0216. The Hall–Kier alpha value is -1.25. The maximum atomic E-state index is 12.4. The van der Waals surface area contributed by atoms with Crippen LogP contribution in [0.25, 0.3) is 0 Å². The Bertz CT molecular complexity index is 658. The van der Waals surface area contributed by atoms with E-state index >= 15 is 0 Å². The van der Waals surface area contributed by atoms with Crippen molar-refractivity contribution in [3.63, 3.8) is 0 Å². The highest BCUT2D eigenvalue weighted by molar-refractivity contribution is 7.89. The number of aromatic carboxylic acids is 1. The smallest absolute Gasteiger partial charge is 0.335 e. The van der Waals surface area contributed by atoms with Gasteiger partial charge in [0.1, 0.15) is 0 Å². The zero-order valence-corrected chi connectivity index (χ0v) is 12.5. The molecule has 2 rings (SSSR count). The first-order valence-corrected chi connectivity index (χ1v) is 8.94. The molecule has 0 atom stereocenters. The summed E-state index contributed by atoms with van der Waals surface area (Å²) in [5.41, 5.74) is 0.489. The molecule has 1 saturated heterocycles. The fourth-order valence-corrected chi connectivity index (χ4v) is 4.75. The Morgan fingerprint density at radius 2 is 1.90 bits per heavy atom. The van der Waals surface area contributed by atoms with E-state index in [0.29, 0.717) is 17.1 Å². The molecular formula is C12H15NO5S2. The number of carboxylic acids is 1. The molecule has 0 radical (unpaired) electrons. The lowest BCUT2D eigenvalue weighted by Crippen LogP contribution is -2.41. The molecule has 1 N–H and O–H groups in total. The Morgan fingerprint density at radius 3 is 2.45 bits per heavy atom. The van der Waals surface area contributed by atoms with Gasteiger partial charge in [0, 0.05) is 35.4 Å². The van der Waals surface area contributed by atoms with Crippen molar-refractivity contribution in [1.82, 2.24) is 4.31 Å². The Kier molecular flexibility index (Phi) is 4.26. The second kappa shape index (κ2) is 5.63. The van der Waals surface area contributed by atoms with Crippen LogP contribution in [-0.2, 0) is 20.8 Å². The van der Waals surface area contributed by atoms with Crippen molar-refractivity contribution in [2.45, 2.75) is 11.8 Å². The van der Waals surface area contributed by atoms with Crippen LogP contribution in [0.2, 0.25) is 0 Å². The second-order valence-corrected chi connectivity index (χ2v) is 8.17. The van der Waals surface area contributed by atoms with Crippen molar-refractivity contribution in [1.29, 1.82) is 0 Å². The maximum absolute atomic E-state index is 12.4. The number of nitrogens with zero attached hydrogens (tertiary/aromatic N) is 1. The lowest BCUT2D eigenvalue weighted by molar-refractivity contribution is 0.0696. The van der Waals surface area contributed by atoms with E-state index in [9.17, 15) is 17.4 Å². The molecule has 0 amide bonds. The SMILES string of the molecule is Cc1ccc(S(=O)(=O)N2CCS(=O)CC2)cc1C(=O)O. The van der Waals surface area contributed by atoms with E-state index in [2.05, 4.69) is 0 Å². The van der Waals surface area contributed by atoms with E-state index in [4.69, 9.17) is 5.11 Å². The van der Waals surface area contributed by atoms with Crippen LogP contribution in [0.15, 0.2) is 23.1 Å². The van der Waals surface area contributed by atoms with Gasteiger partial charge in [-0.2, -0.15) is 4.31 Å². The predicted molar refractivity (Wildman–Crippen MR) is 74.8 cm³/mol. The molecule has 1 aromatic carbocycles. The average Bonchev–Trinajstić information content (AvgIpc) is 2.39. The molecule has 1 fully saturated rings. The first-order chi connectivity index (χ1) is 9.32. The Morgan fingerprint density at radius 1 is 1.30 bits per heavy atom. The van der Waals surface area contributed by atoms with Gasteiger partial charge >= 0.3 is 5.97 Å². The summed E-state index contributed by atoms with van der Waals surface area (Å²) in [4.78, 5) is 11.0. The van der Waals surface area contributed by atoms with Gasteiger partial charge in [-0.15, -0.1) is 0 Å². The van der Waals surface area contributed by atoms with Gasteiger partial charge in [0.15, 0.2) is 0 Å². The molecule has 110 valence electrons. The number of hydrogen-bond acceptors (Lipinski definition) is 4. The molecular weight excluding hydrogens is 302 g/mol. The van der Waals surface area contributed by atoms with Crippen molar-refractivity contribution >= 4 is 26.8 Å². The number of aryl methyl sites for hydroxylation is 1. The minimum atomic E-state index is -3.72. The summed E-state index contributed by atoms with van der Waals surface area (Å²) >= 11 is 0. The van der Waals surface area contributed by atoms with E-state index in [0.717, 1.165) is 0 Å². The summed E-state index contributed by atoms with van der Waals surface area (Å²) < 4.78 is 37.4. The van der Waals surface area contributed by atoms with E-state index in [1.54, 1.807) is 6.92 Å². The molecule has 1 aromatic rings. The van der Waals surface area contributed by atoms with Crippen molar-refractivity contribution in [3.05, 3.63) is 29.3 Å². The second-order valence-electron chi connectivity index (χ2n) is 4.53. The number of sulfonamides is 1. The maximum Gasteiger partial charge on any atom is 0.335 e. The van der Waals surface area contributed by atoms with Gasteiger partial charge in [0.2, 0.25) is 10.0 Å². The largest absolute Gasteiger partial charge is 0.478 e. The number of rotatable bonds is 3. The van der Waals surface area contributed by atoms with Crippen molar-refractivity contribution < 1.29 is 22.5 Å². The molecule has 6 nitrogen and oxygen atoms in total. The molecule has 20 heavy (non-hydrogen) atoms. The van der Waals surface area contributed by atoms with Crippen LogP contribution in [0.4, 0.5) is 0 Å². The van der Waals surface area contributed by atoms with E-state index in [-0.39, 0.29) is 23.5 Å². The first-order valence-electron chi connectivity index (χ1n) is 6.01. The van der Waals surface area contributed by atoms with E-state index in [1.165, 1.54) is 22.5 Å². The molecule has 8 heteroatoms. The van der Waals surface area contributed by atoms with E-state index < -0.39 is 26.8 Å². The van der Waals surface area contributed by atoms with Gasteiger partial charge in [-0.3, -0.25) is 4.21 Å². The van der Waals surface area contributed by atoms with E-state index in [1.807, 2.05) is 0 Å². The molecule has 1 aliphatic rings. The van der Waals surface area contributed by atoms with Gasteiger partial charge < -0.3 is 5.11 Å². The van der Waals surface area contributed by atoms with Gasteiger partial charge in [-0.05, 0) is 24.6 Å². The summed E-state index contributed by atoms with van der Waals surface area (Å²) in [5, 5.41) is 9.05. The molecule has 1 aliphatic heterocycles. The van der Waals surface area contributed by atoms with Gasteiger partial charge in [-0.1, -0.05) is 6.07 Å². The van der Waals surface area contributed by atoms with Crippen LogP contribution in [0.3, 0.4) is 0 Å². The number of carboxylic acid groups (broad SMARTS) is 1. The zero-order chi connectivity index (χ0) is 14.9. The molecule has 1 heterocycles. The van der Waals surface area contributed by atoms with Crippen molar-refractivity contribution in [2.24, 2.45) is 0 Å². The highest BCUT2D eigenvalue weighted by atomic mass is 32.2. The highest BCUT2D eigenvalue weighted by Crippen LogP contribution is 2.20. The van der Waals surface area contributed by atoms with Crippen LogP contribution in [0.5, 0.6) is 0 Å². The first kappa shape index (κ1) is 15.1. The number of hydrogen-bond donors (Lipinski definition) is 1. The molecule has 0 unspecified atom stereocenters. The Labute approximate surface area is 119 Å². The normalized spacial score (nSPS) is 18.1. The zero-order valence-electron chi connectivity index (χ0n) is 10.9. The van der Waals surface area contributed by atoms with Crippen molar-refractivity contribution in [3.8, 4) is 0 Å². The lowest BCUT2D eigenvalue weighted by Gasteiger charge is -2.25. The summed E-state index contributed by atoms with van der Waals surface area (Å²) in [6.45, 7) is 2.01. The standard InChI is InChI=1S/C12H15NO5S2/c1-9-2-3-10(8-11(9)12(14)15)20(17,18)13-4-6-19(16)7-5-13/h2-3,8H,4-7H2,1H3,(H,14,15). The lowest BCUT2D eigenvalue weighted by atomic mass is 10.1. The number of benzene rings is 1. The molecule has 0 aromatic heterocycles. The molecule has 0 spiro atoms. The summed E-state index contributed by atoms with van der Waals surface area (Å²) in [6, 6.07) is 4.07. The highest BCUT2D eigenvalue weighted by Gasteiger charge is 2.28. The Balaban J connectivity index is 2.37. The fraction of sp³-hybridized carbons (Fsp3) is 0.417. The predicted octanol–water partition coefficient (Wildman–Crippen LogP) is 0.446. The van der Waals surface area contributed by atoms with Gasteiger partial charge in [0.25, 0.3) is 0 Å². The minimum Gasteiger partial charge on any atom is -0.478 e. The summed E-state index contributed by atoms with van der Waals surface area (Å²) in [7, 11) is -4.69. The fourth-order valence-electron chi connectivity index (χ4n) is 2.00. The summed E-state index contributed by atoms with van der Waals surface area (Å²) in [5.74, 6) is -0.521. The van der Waals surface area contributed by atoms with Crippen molar-refractivity contribution in [2.75, 3.05) is 24.6 Å². The number of carbonyl (C=O) groups is 1. The van der Waals surface area contributed by atoms with Crippen LogP contribution >= 0.6 is 0 Å². The van der Waals surface area contributed by atoms with Crippen LogP contribution in [0.1, 0.15) is 15.9 Å². The third-order valence-corrected chi connectivity index (χ3v) is 6.38. The van der Waals surface area contributed by atoms with Gasteiger partial charge in [0.05, 0.1) is 10.5 Å². The molecule has 0 aliphatic carbocycles. The third-order valence-electron chi connectivity index (χ3n) is 3.21. The monoisotopic (exact) mass is 317 g/mol. The molecule has 0 saturated carbocycles. The average molecular weight is 317 g/mol. The van der Waals surface area contributed by atoms with Gasteiger partial charge in [-0.25, -0.2) is 13.2 Å². The summed E-state index contributed by atoms with van der Waals surface area (Å²) in [6.07, 6.45) is 0. The third kappa shape index (κ3) is 2.92. The van der Waals surface area contributed by atoms with Crippen LogP contribution in [0, 0.1) is 6.92 Å². The topological polar surface area (TPSA) is 91.8 Å². The van der Waals surface area contributed by atoms with Crippen LogP contribution < -0.4 is 0 Å². The quantitative estimate of drug-likeness (QED) is 0.873. The molecule has 0 bridgehead atoms. The van der Waals surface area contributed by atoms with Crippen LogP contribution in [-0.4, -0.2) is 52.6 Å².